The second kappa shape index (κ2) is 11.8. The fraction of sp³-hybridized carbons (Fsp3) is 0.429. The lowest BCUT2D eigenvalue weighted by Crippen LogP contribution is -2.32. The minimum atomic E-state index is -0.643. The predicted octanol–water partition coefficient (Wildman–Crippen LogP) is 4.94. The van der Waals surface area contributed by atoms with Crippen molar-refractivity contribution < 1.29 is 19.4 Å². The molecular weight excluding hydrogens is 428 g/mol. The zero-order chi connectivity index (χ0) is 24.7. The summed E-state index contributed by atoms with van der Waals surface area (Å²) in [6.07, 6.45) is 3.97. The number of nitrogens with zero attached hydrogens (tertiary/aromatic N) is 2. The van der Waals surface area contributed by atoms with Gasteiger partial charge in [0.05, 0.1) is 18.2 Å². The Balaban J connectivity index is 1.95. The van der Waals surface area contributed by atoms with Gasteiger partial charge < -0.3 is 19.6 Å². The van der Waals surface area contributed by atoms with Crippen LogP contribution in [0.4, 0.5) is 0 Å². The topological polar surface area (TPSA) is 70.1 Å². The molecular formula is C28H36N2O4. The van der Waals surface area contributed by atoms with E-state index in [1.165, 1.54) is 0 Å². The molecule has 0 aliphatic carbocycles. The number of aliphatic hydroxyl groups excluding tert-OH is 1. The van der Waals surface area contributed by atoms with Crippen LogP contribution in [0.5, 0.6) is 5.75 Å². The highest BCUT2D eigenvalue weighted by atomic mass is 16.5. The van der Waals surface area contributed by atoms with Crippen LogP contribution in [0.25, 0.3) is 5.76 Å². The van der Waals surface area contributed by atoms with Gasteiger partial charge in [0.25, 0.3) is 11.7 Å². The van der Waals surface area contributed by atoms with Crippen molar-refractivity contribution in [3.05, 3.63) is 70.8 Å². The van der Waals surface area contributed by atoms with E-state index in [-0.39, 0.29) is 11.3 Å². The number of aliphatic hydroxyl groups is 1. The van der Waals surface area contributed by atoms with Crippen LogP contribution in [0, 0.1) is 6.92 Å². The summed E-state index contributed by atoms with van der Waals surface area (Å²) in [6.45, 7) is 5.98. The van der Waals surface area contributed by atoms with Crippen LogP contribution in [-0.4, -0.2) is 60.4 Å². The third-order valence-corrected chi connectivity index (χ3v) is 6.17. The summed E-state index contributed by atoms with van der Waals surface area (Å²) in [6, 6.07) is 14.1. The van der Waals surface area contributed by atoms with E-state index >= 15 is 0 Å². The van der Waals surface area contributed by atoms with Crippen LogP contribution >= 0.6 is 0 Å². The Morgan fingerprint density at radius 1 is 1.03 bits per heavy atom. The van der Waals surface area contributed by atoms with Gasteiger partial charge in [0.1, 0.15) is 11.5 Å². The van der Waals surface area contributed by atoms with Gasteiger partial charge in [0, 0.05) is 12.1 Å². The Morgan fingerprint density at radius 2 is 1.74 bits per heavy atom. The highest BCUT2D eigenvalue weighted by Gasteiger charge is 2.46. The second-order valence-electron chi connectivity index (χ2n) is 9.09. The summed E-state index contributed by atoms with van der Waals surface area (Å²) in [5.74, 6) is -0.647. The van der Waals surface area contributed by atoms with E-state index in [0.717, 1.165) is 43.4 Å². The number of ether oxygens (including phenoxy) is 1. The largest absolute Gasteiger partial charge is 0.507 e. The summed E-state index contributed by atoms with van der Waals surface area (Å²) in [5.41, 5.74) is 2.45. The van der Waals surface area contributed by atoms with Crippen molar-refractivity contribution in [2.75, 3.05) is 33.8 Å². The molecule has 1 aliphatic rings. The molecule has 0 saturated carbocycles. The predicted molar refractivity (Wildman–Crippen MR) is 135 cm³/mol. The number of unbranched alkanes of at least 4 members (excludes halogenated alkanes) is 2. The monoisotopic (exact) mass is 464 g/mol. The van der Waals surface area contributed by atoms with Gasteiger partial charge in [-0.3, -0.25) is 9.59 Å². The van der Waals surface area contributed by atoms with Crippen molar-refractivity contribution in [1.82, 2.24) is 9.80 Å². The van der Waals surface area contributed by atoms with Crippen LogP contribution in [0.15, 0.2) is 54.1 Å². The van der Waals surface area contributed by atoms with Crippen molar-refractivity contribution in [3.63, 3.8) is 0 Å². The lowest BCUT2D eigenvalue weighted by Gasteiger charge is -2.27. The summed E-state index contributed by atoms with van der Waals surface area (Å²) in [7, 11) is 3.95. The molecule has 0 bridgehead atoms. The van der Waals surface area contributed by atoms with E-state index in [1.807, 2.05) is 50.2 Å². The first-order valence-corrected chi connectivity index (χ1v) is 12.1. The standard InChI is InChI=1S/C28H36N2O4/c1-5-6-9-19-34-22-15-13-21(14-16-22)26(31)24-25(23-12-8-7-11-20(23)2)30(28(33)27(24)32)18-10-17-29(3)4/h7-8,11-16,25,31H,5-6,9-10,17-19H2,1-4H3/b26-24-. The third-order valence-electron chi connectivity index (χ3n) is 6.17. The fourth-order valence-electron chi connectivity index (χ4n) is 4.29. The average Bonchev–Trinajstić information content (AvgIpc) is 3.07. The molecule has 1 amide bonds. The van der Waals surface area contributed by atoms with Crippen molar-refractivity contribution >= 4 is 17.4 Å². The molecule has 6 heteroatoms. The lowest BCUT2D eigenvalue weighted by molar-refractivity contribution is -0.139. The third kappa shape index (κ3) is 5.86. The van der Waals surface area contributed by atoms with Gasteiger partial charge in [-0.15, -0.1) is 0 Å². The Bertz CT molecular complexity index is 1030. The van der Waals surface area contributed by atoms with E-state index in [1.54, 1.807) is 29.2 Å². The first-order valence-electron chi connectivity index (χ1n) is 12.1. The first kappa shape index (κ1) is 25.5. The lowest BCUT2D eigenvalue weighted by atomic mass is 9.92. The highest BCUT2D eigenvalue weighted by Crippen LogP contribution is 2.40. The maximum atomic E-state index is 13.1. The number of aryl methyl sites for hydroxylation is 1. The maximum Gasteiger partial charge on any atom is 0.295 e. The molecule has 1 fully saturated rings. The minimum Gasteiger partial charge on any atom is -0.507 e. The van der Waals surface area contributed by atoms with Gasteiger partial charge in [-0.05, 0) is 75.8 Å². The van der Waals surface area contributed by atoms with Gasteiger partial charge in [-0.25, -0.2) is 0 Å². The average molecular weight is 465 g/mol. The zero-order valence-electron chi connectivity index (χ0n) is 20.7. The maximum absolute atomic E-state index is 13.1. The molecule has 0 spiro atoms. The molecule has 182 valence electrons. The van der Waals surface area contributed by atoms with E-state index in [2.05, 4.69) is 6.92 Å². The van der Waals surface area contributed by atoms with Crippen molar-refractivity contribution in [3.8, 4) is 5.75 Å². The van der Waals surface area contributed by atoms with Gasteiger partial charge in [0.15, 0.2) is 0 Å². The SMILES string of the molecule is CCCCCOc1ccc(/C(O)=C2/C(=O)C(=O)N(CCCN(C)C)C2c2ccccc2C)cc1. The molecule has 3 rings (SSSR count). The molecule has 1 aliphatic heterocycles. The molecule has 1 heterocycles. The molecule has 1 atom stereocenters. The molecule has 1 unspecified atom stereocenters. The van der Waals surface area contributed by atoms with Crippen LogP contribution in [-0.2, 0) is 9.59 Å². The molecule has 34 heavy (non-hydrogen) atoms. The quantitative estimate of drug-likeness (QED) is 0.221. The number of rotatable bonds is 11. The van der Waals surface area contributed by atoms with E-state index in [0.29, 0.717) is 24.5 Å². The van der Waals surface area contributed by atoms with E-state index in [9.17, 15) is 14.7 Å². The second-order valence-corrected chi connectivity index (χ2v) is 9.09. The minimum absolute atomic E-state index is 0.140. The summed E-state index contributed by atoms with van der Waals surface area (Å²) < 4.78 is 5.76. The van der Waals surface area contributed by atoms with Crippen LogP contribution in [0.3, 0.4) is 0 Å². The Hall–Kier alpha value is -3.12. The van der Waals surface area contributed by atoms with Crippen LogP contribution in [0.2, 0.25) is 0 Å². The molecule has 1 N–H and O–H groups in total. The number of carbonyl (C=O) groups is 2. The Morgan fingerprint density at radius 3 is 2.38 bits per heavy atom. The highest BCUT2D eigenvalue weighted by molar-refractivity contribution is 6.46. The normalized spacial score (nSPS) is 17.6. The Labute approximate surface area is 202 Å². The number of hydrogen-bond donors (Lipinski definition) is 1. The summed E-state index contributed by atoms with van der Waals surface area (Å²) in [5, 5.41) is 11.2. The number of likely N-dealkylation sites (tertiary alicyclic amines) is 1. The zero-order valence-corrected chi connectivity index (χ0v) is 20.7. The van der Waals surface area contributed by atoms with Gasteiger partial charge in [0.2, 0.25) is 0 Å². The number of amides is 1. The van der Waals surface area contributed by atoms with Crippen molar-refractivity contribution in [2.24, 2.45) is 0 Å². The summed E-state index contributed by atoms with van der Waals surface area (Å²) >= 11 is 0. The first-order chi connectivity index (χ1) is 16.3. The smallest absolute Gasteiger partial charge is 0.295 e. The van der Waals surface area contributed by atoms with Gasteiger partial charge in [-0.2, -0.15) is 0 Å². The van der Waals surface area contributed by atoms with Gasteiger partial charge in [-0.1, -0.05) is 44.0 Å². The number of ketones is 1. The number of hydrogen-bond acceptors (Lipinski definition) is 5. The number of Topliss-reactive ketones (excluding diaryl/α,β-unsaturated/α-hetero) is 1. The van der Waals surface area contributed by atoms with E-state index in [4.69, 9.17) is 4.74 Å². The molecule has 0 radical (unpaired) electrons. The van der Waals surface area contributed by atoms with Crippen molar-refractivity contribution in [2.45, 2.75) is 45.6 Å². The molecule has 1 saturated heterocycles. The van der Waals surface area contributed by atoms with Gasteiger partial charge >= 0.3 is 0 Å². The van der Waals surface area contributed by atoms with Crippen LogP contribution in [0.1, 0.15) is 55.3 Å². The fourth-order valence-corrected chi connectivity index (χ4v) is 4.29. The molecule has 2 aromatic rings. The summed E-state index contributed by atoms with van der Waals surface area (Å²) in [4.78, 5) is 29.8. The van der Waals surface area contributed by atoms with Crippen molar-refractivity contribution in [1.29, 1.82) is 0 Å². The Kier molecular flexibility index (Phi) is 8.88. The molecule has 6 nitrogen and oxygen atoms in total. The molecule has 0 aromatic heterocycles. The van der Waals surface area contributed by atoms with E-state index < -0.39 is 17.7 Å². The number of carbonyl (C=O) groups excluding carboxylic acids is 2. The van der Waals surface area contributed by atoms with Crippen LogP contribution < -0.4 is 4.74 Å². The number of benzene rings is 2. The molecule has 2 aromatic carbocycles.